The van der Waals surface area contributed by atoms with Crippen molar-refractivity contribution in [2.24, 2.45) is 0 Å². The molecule has 1 fully saturated rings. The molecule has 5 heteroatoms. The summed E-state index contributed by atoms with van der Waals surface area (Å²) in [4.78, 5) is 14.7. The van der Waals surface area contributed by atoms with E-state index >= 15 is 0 Å². The van der Waals surface area contributed by atoms with Crippen LogP contribution in [0.1, 0.15) is 23.8 Å². The van der Waals surface area contributed by atoms with Gasteiger partial charge in [-0.1, -0.05) is 0 Å². The average molecular weight is 273 g/mol. The van der Waals surface area contributed by atoms with Crippen LogP contribution in [0.25, 0.3) is 0 Å². The Hall–Kier alpha value is -0.810. The number of hydrogen-bond donors (Lipinski definition) is 2. The Kier molecular flexibility index (Phi) is 2.84. The summed E-state index contributed by atoms with van der Waals surface area (Å²) in [6.07, 6.45) is 2.60. The number of rotatable bonds is 2. The number of amides is 1. The van der Waals surface area contributed by atoms with Gasteiger partial charge in [-0.15, -0.1) is 0 Å². The van der Waals surface area contributed by atoms with Crippen molar-refractivity contribution in [3.63, 3.8) is 0 Å². The van der Waals surface area contributed by atoms with Gasteiger partial charge in [0.05, 0.1) is 12.1 Å². The lowest BCUT2D eigenvalue weighted by Gasteiger charge is -2.22. The van der Waals surface area contributed by atoms with Crippen LogP contribution in [0.4, 0.5) is 0 Å². The molecule has 0 saturated carbocycles. The molecule has 2 N–H and O–H groups in total. The minimum absolute atomic E-state index is 0.0892. The lowest BCUT2D eigenvalue weighted by atomic mass is 10.0. The maximum atomic E-state index is 11.8. The lowest BCUT2D eigenvalue weighted by molar-refractivity contribution is 0.0885. The summed E-state index contributed by atoms with van der Waals surface area (Å²) in [7, 11) is 0. The lowest BCUT2D eigenvalue weighted by Crippen LogP contribution is -2.46. The third-order valence-electron chi connectivity index (χ3n) is 2.53. The molecule has 1 aromatic rings. The van der Waals surface area contributed by atoms with E-state index in [0.29, 0.717) is 18.9 Å². The van der Waals surface area contributed by atoms with Gasteiger partial charge in [0.15, 0.2) is 0 Å². The van der Waals surface area contributed by atoms with Crippen molar-refractivity contribution in [2.45, 2.75) is 18.9 Å². The maximum absolute atomic E-state index is 11.8. The smallest absolute Gasteiger partial charge is 0.268 e. The largest absolute Gasteiger partial charge is 0.379 e. The van der Waals surface area contributed by atoms with Gasteiger partial charge in [0, 0.05) is 17.3 Å². The van der Waals surface area contributed by atoms with E-state index in [0.717, 1.165) is 10.9 Å². The van der Waals surface area contributed by atoms with Crippen LogP contribution in [0.5, 0.6) is 0 Å². The molecular formula is C10H13BrN2O2. The Balaban J connectivity index is 2.03. The van der Waals surface area contributed by atoms with Crippen LogP contribution in [0.15, 0.2) is 16.7 Å². The fourth-order valence-corrected chi connectivity index (χ4v) is 1.95. The van der Waals surface area contributed by atoms with Crippen molar-refractivity contribution in [1.29, 1.82) is 0 Å². The van der Waals surface area contributed by atoms with E-state index in [1.165, 1.54) is 0 Å². The fourth-order valence-electron chi connectivity index (χ4n) is 1.61. The predicted octanol–water partition coefficient (Wildman–Crippen LogP) is 1.69. The third-order valence-corrected chi connectivity index (χ3v) is 2.98. The highest BCUT2D eigenvalue weighted by atomic mass is 79.9. The molecule has 0 spiro atoms. The summed E-state index contributed by atoms with van der Waals surface area (Å²) in [5, 5.41) is 2.97. The van der Waals surface area contributed by atoms with Crippen LogP contribution in [0, 0.1) is 0 Å². The number of aromatic amines is 1. The molecule has 0 aromatic carbocycles. The van der Waals surface area contributed by atoms with Gasteiger partial charge < -0.3 is 15.0 Å². The van der Waals surface area contributed by atoms with Crippen molar-refractivity contribution < 1.29 is 9.53 Å². The van der Waals surface area contributed by atoms with Crippen LogP contribution >= 0.6 is 15.9 Å². The molecule has 1 saturated heterocycles. The standard InChI is InChI=1S/C10H13BrN2O2/c1-10(2-3-15-6-10)13-9(14)8-4-7(11)5-12-8/h4-5,12H,2-3,6H2,1H3,(H,13,14). The first-order valence-electron chi connectivity index (χ1n) is 4.83. The molecule has 1 aliphatic rings. The molecule has 1 aliphatic heterocycles. The van der Waals surface area contributed by atoms with Gasteiger partial charge in [-0.3, -0.25) is 4.79 Å². The third kappa shape index (κ3) is 2.41. The van der Waals surface area contributed by atoms with E-state index in [-0.39, 0.29) is 11.4 Å². The van der Waals surface area contributed by atoms with Crippen molar-refractivity contribution in [3.8, 4) is 0 Å². The molecule has 4 nitrogen and oxygen atoms in total. The Morgan fingerprint density at radius 3 is 3.07 bits per heavy atom. The summed E-state index contributed by atoms with van der Waals surface area (Å²) in [5.41, 5.74) is 0.337. The molecule has 82 valence electrons. The van der Waals surface area contributed by atoms with Gasteiger partial charge >= 0.3 is 0 Å². The summed E-state index contributed by atoms with van der Waals surface area (Å²) in [5.74, 6) is -0.0892. The van der Waals surface area contributed by atoms with Crippen LogP contribution in [-0.4, -0.2) is 29.6 Å². The summed E-state index contributed by atoms with van der Waals surface area (Å²) < 4.78 is 6.14. The normalized spacial score (nSPS) is 25.5. The fraction of sp³-hybridized carbons (Fsp3) is 0.500. The number of halogens is 1. The van der Waals surface area contributed by atoms with Gasteiger partial charge in [0.2, 0.25) is 0 Å². The Morgan fingerprint density at radius 2 is 2.53 bits per heavy atom. The molecule has 1 aromatic heterocycles. The highest BCUT2D eigenvalue weighted by Crippen LogP contribution is 2.18. The number of ether oxygens (including phenoxy) is 1. The van der Waals surface area contributed by atoms with Crippen LogP contribution in [-0.2, 0) is 4.74 Å². The number of nitrogens with one attached hydrogen (secondary N) is 2. The molecule has 0 radical (unpaired) electrons. The number of H-pyrrole nitrogens is 1. The minimum atomic E-state index is -0.228. The minimum Gasteiger partial charge on any atom is -0.379 e. The average Bonchev–Trinajstić information content (AvgIpc) is 2.75. The van der Waals surface area contributed by atoms with Crippen LogP contribution < -0.4 is 5.32 Å². The van der Waals surface area contributed by atoms with E-state index in [2.05, 4.69) is 26.2 Å². The Morgan fingerprint density at radius 1 is 1.73 bits per heavy atom. The first-order valence-corrected chi connectivity index (χ1v) is 5.63. The zero-order chi connectivity index (χ0) is 10.9. The van der Waals surface area contributed by atoms with Gasteiger partial charge in [0.25, 0.3) is 5.91 Å². The molecule has 1 atom stereocenters. The van der Waals surface area contributed by atoms with Crippen molar-refractivity contribution in [1.82, 2.24) is 10.3 Å². The summed E-state index contributed by atoms with van der Waals surface area (Å²) in [6.45, 7) is 3.29. The number of aromatic nitrogens is 1. The number of carbonyl (C=O) groups excluding carboxylic acids is 1. The first-order chi connectivity index (χ1) is 7.09. The molecule has 15 heavy (non-hydrogen) atoms. The second-order valence-corrected chi connectivity index (χ2v) is 4.96. The molecule has 2 rings (SSSR count). The van der Waals surface area contributed by atoms with Crippen LogP contribution in [0.3, 0.4) is 0 Å². The predicted molar refractivity (Wildman–Crippen MR) is 59.8 cm³/mol. The van der Waals surface area contributed by atoms with Gasteiger partial charge in [-0.25, -0.2) is 0 Å². The topological polar surface area (TPSA) is 54.1 Å². The maximum Gasteiger partial charge on any atom is 0.268 e. The Labute approximate surface area is 96.5 Å². The molecule has 1 amide bonds. The van der Waals surface area contributed by atoms with E-state index in [4.69, 9.17) is 4.74 Å². The summed E-state index contributed by atoms with van der Waals surface area (Å²) >= 11 is 3.29. The van der Waals surface area contributed by atoms with Crippen molar-refractivity contribution in [2.75, 3.05) is 13.2 Å². The van der Waals surface area contributed by atoms with Gasteiger partial charge in [-0.2, -0.15) is 0 Å². The Bertz CT molecular complexity index is 369. The quantitative estimate of drug-likeness (QED) is 0.861. The number of carbonyl (C=O) groups is 1. The highest BCUT2D eigenvalue weighted by molar-refractivity contribution is 9.10. The first kappa shape index (κ1) is 10.7. The number of hydrogen-bond acceptors (Lipinski definition) is 2. The molecule has 0 bridgehead atoms. The van der Waals surface area contributed by atoms with Crippen molar-refractivity contribution >= 4 is 21.8 Å². The van der Waals surface area contributed by atoms with Gasteiger partial charge in [0.1, 0.15) is 5.69 Å². The second-order valence-electron chi connectivity index (χ2n) is 4.05. The zero-order valence-corrected chi connectivity index (χ0v) is 10.1. The highest BCUT2D eigenvalue weighted by Gasteiger charge is 2.31. The van der Waals surface area contributed by atoms with E-state index in [1.807, 2.05) is 6.92 Å². The second kappa shape index (κ2) is 3.98. The SMILES string of the molecule is CC1(NC(=O)c2cc(Br)c[nH]2)CCOC1. The van der Waals surface area contributed by atoms with Gasteiger partial charge in [-0.05, 0) is 35.3 Å². The van der Waals surface area contributed by atoms with Crippen molar-refractivity contribution in [3.05, 3.63) is 22.4 Å². The van der Waals surface area contributed by atoms with E-state index in [9.17, 15) is 4.79 Å². The van der Waals surface area contributed by atoms with Crippen LogP contribution in [0.2, 0.25) is 0 Å². The monoisotopic (exact) mass is 272 g/mol. The summed E-state index contributed by atoms with van der Waals surface area (Å²) in [6, 6.07) is 1.76. The van der Waals surface area contributed by atoms with E-state index < -0.39 is 0 Å². The molecule has 2 heterocycles. The molecule has 1 unspecified atom stereocenters. The van der Waals surface area contributed by atoms with E-state index in [1.54, 1.807) is 12.3 Å². The zero-order valence-electron chi connectivity index (χ0n) is 8.47. The molecule has 0 aliphatic carbocycles. The molecular weight excluding hydrogens is 260 g/mol.